The summed E-state index contributed by atoms with van der Waals surface area (Å²) in [5, 5.41) is 2.60. The number of nitrogens with zero attached hydrogens (tertiary/aromatic N) is 4. The van der Waals surface area contributed by atoms with Crippen LogP contribution in [0.4, 0.5) is 0 Å². The van der Waals surface area contributed by atoms with Gasteiger partial charge in [0.25, 0.3) is 0 Å². The van der Waals surface area contributed by atoms with E-state index in [0.29, 0.717) is 5.82 Å². The molecule has 0 aliphatic rings. The van der Waals surface area contributed by atoms with E-state index in [9.17, 15) is 4.79 Å². The third kappa shape index (κ3) is 5.05. The van der Waals surface area contributed by atoms with Crippen molar-refractivity contribution in [1.29, 1.82) is 0 Å². The number of benzene rings is 6. The monoisotopic (exact) mass is 650 g/mol. The summed E-state index contributed by atoms with van der Waals surface area (Å²) in [6, 6.07) is 50.8. The summed E-state index contributed by atoms with van der Waals surface area (Å²) in [5.41, 5.74) is 11.0. The second-order valence-corrected chi connectivity index (χ2v) is 13.5. The van der Waals surface area contributed by atoms with Crippen LogP contribution in [0.15, 0.2) is 150 Å². The van der Waals surface area contributed by atoms with Crippen molar-refractivity contribution in [1.82, 2.24) is 19.1 Å². The first kappa shape index (κ1) is 29.1. The molecule has 9 aromatic rings. The van der Waals surface area contributed by atoms with E-state index < -0.39 is 0 Å². The van der Waals surface area contributed by atoms with Crippen LogP contribution in [-0.2, 0) is 14.1 Å². The Morgan fingerprint density at radius 1 is 0.449 bits per heavy atom. The molecule has 6 heteroatoms. The fourth-order valence-corrected chi connectivity index (χ4v) is 7.89. The van der Waals surface area contributed by atoms with Crippen molar-refractivity contribution in [3.05, 3.63) is 156 Å². The minimum Gasteiger partial charge on any atom is -0.295 e. The molecule has 0 N–H and O–H groups in total. The zero-order valence-corrected chi connectivity index (χ0v) is 27.8. The lowest BCUT2D eigenvalue weighted by Gasteiger charge is -2.11. The van der Waals surface area contributed by atoms with Gasteiger partial charge in [0.05, 0.1) is 22.4 Å². The molecule has 0 unspecified atom stereocenters. The van der Waals surface area contributed by atoms with Crippen LogP contribution < -0.4 is 5.69 Å². The SMILES string of the molecule is Cn1c(=O)n(C)c2cc(-c3ccc(-c4cc(-c5cccc(-c6ccc7c(c6)sc6ccccc67)c5)nc(-c5ccccc5)n4)cc3)ccc21. The Bertz CT molecular complexity index is 2760. The van der Waals surface area contributed by atoms with E-state index in [0.717, 1.165) is 55.8 Å². The van der Waals surface area contributed by atoms with Crippen LogP contribution in [0.3, 0.4) is 0 Å². The van der Waals surface area contributed by atoms with Gasteiger partial charge in [0.1, 0.15) is 0 Å². The Morgan fingerprint density at radius 3 is 1.88 bits per heavy atom. The topological polar surface area (TPSA) is 52.7 Å². The van der Waals surface area contributed by atoms with Crippen LogP contribution in [-0.4, -0.2) is 19.1 Å². The van der Waals surface area contributed by atoms with E-state index in [1.807, 2.05) is 42.6 Å². The predicted molar refractivity (Wildman–Crippen MR) is 204 cm³/mol. The van der Waals surface area contributed by atoms with E-state index in [2.05, 4.69) is 121 Å². The predicted octanol–water partition coefficient (Wildman–Crippen LogP) is 10.4. The molecule has 3 heterocycles. The highest BCUT2D eigenvalue weighted by molar-refractivity contribution is 7.25. The summed E-state index contributed by atoms with van der Waals surface area (Å²) in [5.74, 6) is 0.685. The second-order valence-electron chi connectivity index (χ2n) is 12.4. The van der Waals surface area contributed by atoms with Gasteiger partial charge in [0.2, 0.25) is 0 Å². The van der Waals surface area contributed by atoms with Crippen molar-refractivity contribution in [3.63, 3.8) is 0 Å². The minimum atomic E-state index is -0.0286. The molecule has 9 rings (SSSR count). The van der Waals surface area contributed by atoms with E-state index in [-0.39, 0.29) is 5.69 Å². The summed E-state index contributed by atoms with van der Waals surface area (Å²) in [6.45, 7) is 0. The lowest BCUT2D eigenvalue weighted by Crippen LogP contribution is -2.19. The molecule has 0 aliphatic carbocycles. The quantitative estimate of drug-likeness (QED) is 0.186. The fraction of sp³-hybridized carbons (Fsp3) is 0.0465. The van der Waals surface area contributed by atoms with E-state index in [1.165, 1.54) is 25.7 Å². The van der Waals surface area contributed by atoms with E-state index in [4.69, 9.17) is 9.97 Å². The van der Waals surface area contributed by atoms with Gasteiger partial charge in [-0.1, -0.05) is 109 Å². The number of fused-ring (bicyclic) bond motifs is 4. The molecule has 0 aliphatic heterocycles. The van der Waals surface area contributed by atoms with Crippen molar-refractivity contribution in [3.8, 4) is 56.2 Å². The molecule has 0 amide bonds. The number of aryl methyl sites for hydroxylation is 2. The molecule has 6 aromatic carbocycles. The summed E-state index contributed by atoms with van der Waals surface area (Å²) in [7, 11) is 3.62. The Morgan fingerprint density at radius 2 is 1.04 bits per heavy atom. The number of imidazole rings is 1. The average molecular weight is 651 g/mol. The van der Waals surface area contributed by atoms with Gasteiger partial charge < -0.3 is 0 Å². The highest BCUT2D eigenvalue weighted by Gasteiger charge is 2.14. The summed E-state index contributed by atoms with van der Waals surface area (Å²) < 4.78 is 5.97. The van der Waals surface area contributed by atoms with Gasteiger partial charge in [-0.05, 0) is 58.7 Å². The van der Waals surface area contributed by atoms with Gasteiger partial charge in [0, 0.05) is 51.0 Å². The van der Waals surface area contributed by atoms with Gasteiger partial charge >= 0.3 is 5.69 Å². The maximum atomic E-state index is 12.5. The Kier molecular flexibility index (Phi) is 6.85. The molecular formula is C43H30N4OS. The second kappa shape index (κ2) is 11.5. The fourth-order valence-electron chi connectivity index (χ4n) is 6.74. The lowest BCUT2D eigenvalue weighted by molar-refractivity contribution is 0.795. The van der Waals surface area contributed by atoms with Crippen molar-refractivity contribution in [2.75, 3.05) is 0 Å². The van der Waals surface area contributed by atoms with Gasteiger partial charge in [-0.2, -0.15) is 0 Å². The molecule has 0 bridgehead atoms. The average Bonchev–Trinajstić information content (AvgIpc) is 3.64. The first-order valence-corrected chi connectivity index (χ1v) is 17.0. The van der Waals surface area contributed by atoms with Gasteiger partial charge in [0.15, 0.2) is 5.82 Å². The maximum Gasteiger partial charge on any atom is 0.328 e. The van der Waals surface area contributed by atoms with E-state index >= 15 is 0 Å². The molecule has 49 heavy (non-hydrogen) atoms. The molecule has 0 fully saturated rings. The number of rotatable bonds is 5. The third-order valence-corrected chi connectivity index (χ3v) is 10.5. The van der Waals surface area contributed by atoms with Crippen LogP contribution in [0, 0.1) is 0 Å². The molecule has 0 spiro atoms. The molecule has 234 valence electrons. The van der Waals surface area contributed by atoms with E-state index in [1.54, 1.807) is 16.2 Å². The van der Waals surface area contributed by atoms with Crippen LogP contribution in [0.1, 0.15) is 0 Å². The highest BCUT2D eigenvalue weighted by atomic mass is 32.1. The summed E-state index contributed by atoms with van der Waals surface area (Å²) in [6.07, 6.45) is 0. The van der Waals surface area contributed by atoms with Crippen LogP contribution in [0.5, 0.6) is 0 Å². The minimum absolute atomic E-state index is 0.0286. The number of thiophene rings is 1. The van der Waals surface area contributed by atoms with Crippen molar-refractivity contribution in [2.45, 2.75) is 0 Å². The van der Waals surface area contributed by atoms with Gasteiger partial charge in [-0.3, -0.25) is 9.13 Å². The molecule has 0 radical (unpaired) electrons. The molecular weight excluding hydrogens is 621 g/mol. The normalized spacial score (nSPS) is 11.6. The zero-order valence-electron chi connectivity index (χ0n) is 27.0. The molecule has 3 aromatic heterocycles. The summed E-state index contributed by atoms with van der Waals surface area (Å²) >= 11 is 1.84. The highest BCUT2D eigenvalue weighted by Crippen LogP contribution is 2.37. The first-order chi connectivity index (χ1) is 24.0. The van der Waals surface area contributed by atoms with Crippen molar-refractivity contribution in [2.24, 2.45) is 14.1 Å². The lowest BCUT2D eigenvalue weighted by atomic mass is 9.99. The number of hydrogen-bond acceptors (Lipinski definition) is 4. The smallest absolute Gasteiger partial charge is 0.295 e. The number of hydrogen-bond donors (Lipinski definition) is 0. The third-order valence-electron chi connectivity index (χ3n) is 9.41. The summed E-state index contributed by atoms with van der Waals surface area (Å²) in [4.78, 5) is 22.6. The Hall–Kier alpha value is -6.11. The Balaban J connectivity index is 1.11. The van der Waals surface area contributed by atoms with Gasteiger partial charge in [-0.25, -0.2) is 14.8 Å². The maximum absolute atomic E-state index is 12.5. The van der Waals surface area contributed by atoms with Crippen molar-refractivity contribution >= 4 is 42.5 Å². The zero-order chi connectivity index (χ0) is 33.1. The van der Waals surface area contributed by atoms with Gasteiger partial charge in [-0.15, -0.1) is 11.3 Å². The molecule has 5 nitrogen and oxygen atoms in total. The Labute approximate surface area is 287 Å². The molecule has 0 atom stereocenters. The van der Waals surface area contributed by atoms with Crippen LogP contribution in [0.2, 0.25) is 0 Å². The molecule has 0 saturated carbocycles. The number of aromatic nitrogens is 4. The molecule has 0 saturated heterocycles. The van der Waals surface area contributed by atoms with Crippen LogP contribution >= 0.6 is 11.3 Å². The first-order valence-electron chi connectivity index (χ1n) is 16.2. The van der Waals surface area contributed by atoms with Crippen molar-refractivity contribution < 1.29 is 0 Å². The largest absolute Gasteiger partial charge is 0.328 e. The standard InChI is InChI=1S/C43H30N4OS/c1-46-38-22-20-31(24-39(38)47(2)43(46)48)27-15-17-28(18-16-27)36-26-37(45-42(44-36)29-9-4-3-5-10-29)33-12-8-11-30(23-33)32-19-21-35-34-13-6-7-14-40(34)49-41(35)25-32/h3-26H,1-2H3. The van der Waals surface area contributed by atoms with Crippen LogP contribution in [0.25, 0.3) is 87.4 Å².